The Hall–Kier alpha value is -1.72. The van der Waals surface area contributed by atoms with Crippen LogP contribution in [0.15, 0.2) is 30.7 Å². The number of imidazole rings is 1. The first kappa shape index (κ1) is 14.8. The van der Waals surface area contributed by atoms with Crippen molar-refractivity contribution < 1.29 is 4.74 Å². The van der Waals surface area contributed by atoms with Gasteiger partial charge in [0.25, 0.3) is 0 Å². The maximum atomic E-state index is 5.50. The second-order valence-electron chi connectivity index (χ2n) is 6.82. The standard InChI is InChI=1S/C18H24N4O/c1-23-12-15-9-21(10-16-4-2-3-7-19-16)11-17-18(15)22(13-20-17)8-14-5-6-14/h2-4,7,13-15H,5-6,8-12H2,1H3/t15-/m1/s1. The molecular formula is C18H24N4O. The Morgan fingerprint density at radius 3 is 2.91 bits per heavy atom. The Bertz CT molecular complexity index is 650. The van der Waals surface area contributed by atoms with E-state index < -0.39 is 0 Å². The van der Waals surface area contributed by atoms with Crippen LogP contribution in [0.25, 0.3) is 0 Å². The van der Waals surface area contributed by atoms with Crippen LogP contribution in [0.3, 0.4) is 0 Å². The van der Waals surface area contributed by atoms with Crippen LogP contribution in [0.5, 0.6) is 0 Å². The highest BCUT2D eigenvalue weighted by atomic mass is 16.5. The molecule has 0 radical (unpaired) electrons. The number of hydrogen-bond donors (Lipinski definition) is 0. The monoisotopic (exact) mass is 312 g/mol. The lowest BCUT2D eigenvalue weighted by atomic mass is 9.98. The second kappa shape index (κ2) is 6.42. The number of pyridine rings is 1. The summed E-state index contributed by atoms with van der Waals surface area (Å²) in [7, 11) is 1.79. The predicted molar refractivity (Wildman–Crippen MR) is 87.9 cm³/mol. The molecule has 4 rings (SSSR count). The molecule has 2 aromatic heterocycles. The van der Waals surface area contributed by atoms with E-state index in [-0.39, 0.29) is 0 Å². The van der Waals surface area contributed by atoms with Crippen LogP contribution in [0, 0.1) is 5.92 Å². The number of methoxy groups -OCH3 is 1. The third-order valence-electron chi connectivity index (χ3n) is 4.83. The smallest absolute Gasteiger partial charge is 0.0952 e. The van der Waals surface area contributed by atoms with Gasteiger partial charge in [0.2, 0.25) is 0 Å². The van der Waals surface area contributed by atoms with Gasteiger partial charge in [0, 0.05) is 51.1 Å². The Kier molecular flexibility index (Phi) is 4.14. The molecule has 0 aromatic carbocycles. The highest BCUT2D eigenvalue weighted by Crippen LogP contribution is 2.34. The van der Waals surface area contributed by atoms with E-state index >= 15 is 0 Å². The molecule has 2 aromatic rings. The van der Waals surface area contributed by atoms with Gasteiger partial charge < -0.3 is 9.30 Å². The molecule has 1 aliphatic carbocycles. The molecule has 1 aliphatic heterocycles. The van der Waals surface area contributed by atoms with E-state index in [1.165, 1.54) is 24.2 Å². The summed E-state index contributed by atoms with van der Waals surface area (Å²) in [5.74, 6) is 1.26. The zero-order chi connectivity index (χ0) is 15.6. The third-order valence-corrected chi connectivity index (χ3v) is 4.83. The van der Waals surface area contributed by atoms with E-state index in [4.69, 9.17) is 9.72 Å². The van der Waals surface area contributed by atoms with Crippen LogP contribution in [-0.2, 0) is 24.4 Å². The highest BCUT2D eigenvalue weighted by Gasteiger charge is 2.31. The van der Waals surface area contributed by atoms with E-state index in [1.807, 2.05) is 18.6 Å². The van der Waals surface area contributed by atoms with E-state index in [2.05, 4.69) is 26.6 Å². The molecule has 0 spiro atoms. The molecule has 0 unspecified atom stereocenters. The van der Waals surface area contributed by atoms with Crippen LogP contribution in [-0.4, -0.2) is 39.7 Å². The van der Waals surface area contributed by atoms with Gasteiger partial charge in [-0.2, -0.15) is 0 Å². The average molecular weight is 312 g/mol. The van der Waals surface area contributed by atoms with Gasteiger partial charge in [-0.3, -0.25) is 9.88 Å². The topological polar surface area (TPSA) is 43.2 Å². The first-order valence-corrected chi connectivity index (χ1v) is 8.48. The van der Waals surface area contributed by atoms with Crippen molar-refractivity contribution in [2.75, 3.05) is 20.3 Å². The van der Waals surface area contributed by atoms with Crippen molar-refractivity contribution in [2.45, 2.75) is 38.4 Å². The van der Waals surface area contributed by atoms with Gasteiger partial charge in [-0.15, -0.1) is 0 Å². The number of hydrogen-bond acceptors (Lipinski definition) is 4. The fourth-order valence-corrected chi connectivity index (χ4v) is 3.60. The van der Waals surface area contributed by atoms with E-state index in [0.717, 1.165) is 44.4 Å². The minimum absolute atomic E-state index is 0.397. The number of rotatable bonds is 6. The molecule has 3 heterocycles. The van der Waals surface area contributed by atoms with Gasteiger partial charge in [0.15, 0.2) is 0 Å². The lowest BCUT2D eigenvalue weighted by Crippen LogP contribution is -2.36. The molecule has 0 saturated heterocycles. The van der Waals surface area contributed by atoms with Crippen molar-refractivity contribution in [3.63, 3.8) is 0 Å². The molecule has 122 valence electrons. The summed E-state index contributed by atoms with van der Waals surface area (Å²) in [5.41, 5.74) is 3.73. The molecule has 2 aliphatic rings. The lowest BCUT2D eigenvalue weighted by molar-refractivity contribution is 0.131. The zero-order valence-corrected chi connectivity index (χ0v) is 13.7. The zero-order valence-electron chi connectivity index (χ0n) is 13.7. The lowest BCUT2D eigenvalue weighted by Gasteiger charge is -2.32. The molecule has 5 heteroatoms. The fraction of sp³-hybridized carbons (Fsp3) is 0.556. The minimum atomic E-state index is 0.397. The van der Waals surface area contributed by atoms with E-state index in [1.54, 1.807) is 7.11 Å². The summed E-state index contributed by atoms with van der Waals surface area (Å²) >= 11 is 0. The predicted octanol–water partition coefficient (Wildman–Crippen LogP) is 2.43. The Morgan fingerprint density at radius 2 is 2.17 bits per heavy atom. The van der Waals surface area contributed by atoms with Gasteiger partial charge in [0.05, 0.1) is 24.3 Å². The van der Waals surface area contributed by atoms with Crippen LogP contribution < -0.4 is 0 Å². The quantitative estimate of drug-likeness (QED) is 0.822. The molecule has 0 amide bonds. The number of aromatic nitrogens is 3. The normalized spacial score (nSPS) is 21.3. The van der Waals surface area contributed by atoms with Crippen LogP contribution in [0.2, 0.25) is 0 Å². The molecule has 1 fully saturated rings. The summed E-state index contributed by atoms with van der Waals surface area (Å²) in [6.07, 6.45) is 6.64. The number of nitrogens with zero attached hydrogens (tertiary/aromatic N) is 4. The van der Waals surface area contributed by atoms with Gasteiger partial charge in [-0.1, -0.05) is 6.07 Å². The van der Waals surface area contributed by atoms with Crippen molar-refractivity contribution in [1.82, 2.24) is 19.4 Å². The SMILES string of the molecule is COC[C@H]1CN(Cc2ccccn2)Cc2ncn(CC3CC3)c21. The van der Waals surface area contributed by atoms with E-state index in [0.29, 0.717) is 5.92 Å². The second-order valence-corrected chi connectivity index (χ2v) is 6.82. The molecule has 1 atom stereocenters. The summed E-state index contributed by atoms with van der Waals surface area (Å²) in [5, 5.41) is 0. The molecule has 23 heavy (non-hydrogen) atoms. The van der Waals surface area contributed by atoms with Gasteiger partial charge in [-0.25, -0.2) is 4.98 Å². The largest absolute Gasteiger partial charge is 0.384 e. The molecule has 5 nitrogen and oxygen atoms in total. The maximum Gasteiger partial charge on any atom is 0.0952 e. The van der Waals surface area contributed by atoms with Crippen LogP contribution in [0.4, 0.5) is 0 Å². The van der Waals surface area contributed by atoms with Crippen LogP contribution in [0.1, 0.15) is 35.8 Å². The maximum absolute atomic E-state index is 5.50. The number of ether oxygens (including phenoxy) is 1. The van der Waals surface area contributed by atoms with Crippen molar-refractivity contribution >= 4 is 0 Å². The van der Waals surface area contributed by atoms with E-state index in [9.17, 15) is 0 Å². The Balaban J connectivity index is 1.54. The number of fused-ring (bicyclic) bond motifs is 1. The Morgan fingerprint density at radius 1 is 1.26 bits per heavy atom. The highest BCUT2D eigenvalue weighted by molar-refractivity contribution is 5.23. The van der Waals surface area contributed by atoms with Crippen LogP contribution >= 0.6 is 0 Å². The molecule has 0 bridgehead atoms. The summed E-state index contributed by atoms with van der Waals surface area (Å²) in [6, 6.07) is 6.10. The van der Waals surface area contributed by atoms with Crippen molar-refractivity contribution in [1.29, 1.82) is 0 Å². The molecule has 0 N–H and O–H groups in total. The summed E-state index contributed by atoms with van der Waals surface area (Å²) in [6.45, 7) is 4.67. The minimum Gasteiger partial charge on any atom is -0.384 e. The fourth-order valence-electron chi connectivity index (χ4n) is 3.60. The first-order valence-electron chi connectivity index (χ1n) is 8.48. The Labute approximate surface area is 137 Å². The first-order chi connectivity index (χ1) is 11.3. The average Bonchev–Trinajstić information content (AvgIpc) is 3.28. The van der Waals surface area contributed by atoms with Crippen molar-refractivity contribution in [3.8, 4) is 0 Å². The van der Waals surface area contributed by atoms with Gasteiger partial charge in [-0.05, 0) is 30.9 Å². The van der Waals surface area contributed by atoms with Gasteiger partial charge in [0.1, 0.15) is 0 Å². The van der Waals surface area contributed by atoms with Crippen molar-refractivity contribution in [3.05, 3.63) is 47.8 Å². The summed E-state index contributed by atoms with van der Waals surface area (Å²) < 4.78 is 7.88. The third kappa shape index (κ3) is 3.31. The van der Waals surface area contributed by atoms with Gasteiger partial charge >= 0.3 is 0 Å². The molecular weight excluding hydrogens is 288 g/mol. The molecule has 1 saturated carbocycles. The summed E-state index contributed by atoms with van der Waals surface area (Å²) in [4.78, 5) is 11.6. The van der Waals surface area contributed by atoms with Crippen molar-refractivity contribution in [2.24, 2.45) is 5.92 Å².